The molecule has 0 radical (unpaired) electrons. The fraction of sp³-hybridized carbons (Fsp3) is 0.259. The van der Waals surface area contributed by atoms with Crippen LogP contribution < -0.4 is 21.3 Å². The van der Waals surface area contributed by atoms with Gasteiger partial charge in [0.15, 0.2) is 45.6 Å². The van der Waals surface area contributed by atoms with Gasteiger partial charge >= 0.3 is 10.2 Å². The van der Waals surface area contributed by atoms with E-state index in [1.54, 1.807) is 49.1 Å². The number of fused-ring (bicyclic) bond motifs is 2. The summed E-state index contributed by atoms with van der Waals surface area (Å²) < 4.78 is 68.3. The van der Waals surface area contributed by atoms with Crippen molar-refractivity contribution in [2.45, 2.75) is 51.6 Å². The highest BCUT2D eigenvalue weighted by Gasteiger charge is 2.24. The van der Waals surface area contributed by atoms with E-state index >= 15 is 0 Å². The minimum Gasteiger partial charge on any atom is -0.440 e. The van der Waals surface area contributed by atoms with Gasteiger partial charge in [-0.15, -0.1) is 0 Å². The SMILES string of the molecule is CN(C)S(=O)(=O)n1c(Cc2ccccc2)cnc1CCNCCc1nc2c(NCc3ncccc3F)nccc2o1.Fc1cccnc1CNc1nccc2oc(CCNCCc3ncc(Cc4ccccc4)[nH]3)nc12. The number of H-pyrrole nitrogens is 1. The molecule has 0 amide bonds. The third kappa shape index (κ3) is 13.7. The number of benzene rings is 2. The van der Waals surface area contributed by atoms with Gasteiger partial charge in [0, 0.05) is 128 Å². The molecule has 0 saturated carbocycles. The number of imidazole rings is 2. The molecule has 19 nitrogen and oxygen atoms in total. The largest absolute Gasteiger partial charge is 0.440 e. The Hall–Kier alpha value is -8.31. The van der Waals surface area contributed by atoms with Crippen molar-refractivity contribution in [1.29, 1.82) is 0 Å². The summed E-state index contributed by atoms with van der Waals surface area (Å²) >= 11 is 0. The van der Waals surface area contributed by atoms with Crippen LogP contribution in [0, 0.1) is 11.6 Å². The molecule has 0 saturated heterocycles. The lowest BCUT2D eigenvalue weighted by molar-refractivity contribution is 0.504. The van der Waals surface area contributed by atoms with Crippen LogP contribution in [0.25, 0.3) is 22.2 Å². The van der Waals surface area contributed by atoms with Gasteiger partial charge in [0.25, 0.3) is 0 Å². The van der Waals surface area contributed by atoms with Gasteiger partial charge in [0.05, 0.1) is 36.4 Å². The van der Waals surface area contributed by atoms with Gasteiger partial charge in [-0.25, -0.2) is 42.7 Å². The number of anilines is 2. The van der Waals surface area contributed by atoms with E-state index in [1.807, 2.05) is 54.7 Å². The van der Waals surface area contributed by atoms with Crippen LogP contribution >= 0.6 is 0 Å². The Balaban J connectivity index is 0.000000188. The van der Waals surface area contributed by atoms with Crippen molar-refractivity contribution in [3.8, 4) is 0 Å². The lowest BCUT2D eigenvalue weighted by Gasteiger charge is -2.17. The zero-order chi connectivity index (χ0) is 52.7. The van der Waals surface area contributed by atoms with Gasteiger partial charge < -0.3 is 35.1 Å². The zero-order valence-corrected chi connectivity index (χ0v) is 42.8. The van der Waals surface area contributed by atoms with Gasteiger partial charge in [-0.3, -0.25) is 9.97 Å². The van der Waals surface area contributed by atoms with Crippen molar-refractivity contribution in [3.05, 3.63) is 203 Å². The average molecular weight is 1050 g/mol. The van der Waals surface area contributed by atoms with Crippen molar-refractivity contribution in [1.82, 2.24) is 63.8 Å². The second-order valence-electron chi connectivity index (χ2n) is 17.7. The van der Waals surface area contributed by atoms with Crippen LogP contribution in [0.15, 0.2) is 143 Å². The Morgan fingerprint density at radius 2 is 1.11 bits per heavy atom. The number of halogens is 2. The van der Waals surface area contributed by atoms with Crippen LogP contribution in [0.2, 0.25) is 0 Å². The number of aromatic nitrogens is 10. The Bertz CT molecular complexity index is 3570. The van der Waals surface area contributed by atoms with Gasteiger partial charge in [-0.2, -0.15) is 12.7 Å². The first-order chi connectivity index (χ1) is 37.1. The highest BCUT2D eigenvalue weighted by Crippen LogP contribution is 2.24. The minimum absolute atomic E-state index is 0.162. The molecule has 0 fully saturated rings. The van der Waals surface area contributed by atoms with Crippen molar-refractivity contribution in [3.63, 3.8) is 0 Å². The topological polar surface area (TPSA) is 236 Å². The second-order valence-corrected chi connectivity index (χ2v) is 19.7. The van der Waals surface area contributed by atoms with Gasteiger partial charge in [-0.05, 0) is 35.4 Å². The molecule has 10 aromatic rings. The average Bonchev–Trinajstić information content (AvgIpc) is 4.26. The number of pyridine rings is 4. The number of nitrogens with zero attached hydrogens (tertiary/aromatic N) is 10. The highest BCUT2D eigenvalue weighted by molar-refractivity contribution is 7.87. The summed E-state index contributed by atoms with van der Waals surface area (Å²) in [5.41, 5.74) is 6.98. The van der Waals surface area contributed by atoms with E-state index in [4.69, 9.17) is 8.83 Å². The molecular weight excluding hydrogens is 993 g/mol. The number of oxazole rings is 2. The van der Waals surface area contributed by atoms with E-state index in [0.29, 0.717) is 102 Å². The third-order valence-corrected chi connectivity index (χ3v) is 13.8. The van der Waals surface area contributed by atoms with Gasteiger partial charge in [0.1, 0.15) is 23.3 Å². The standard InChI is InChI=1S/C28H31FN8O3S.C26H26FN7O/c1-36(2)41(38,39)37-21(17-20-7-4-3-5-8-20)18-33-25(37)11-14-30-15-12-26-35-27-24(40-26)10-16-32-28(27)34-19-23-22(29)9-6-13-31-23;27-20-7-4-11-29-21(20)17-32-26-25-22(8-14-30-26)35-24(34-25)10-13-28-12-9-23-31-16-19(33-23)15-18-5-2-1-3-6-18/h3-10,13,16,18,30H,11-12,14-15,17,19H2,1-2H3,(H,32,34);1-8,11,14,16,28H,9-10,12-13,15,17H2,(H,30,32)(H,31,33). The first-order valence-corrected chi connectivity index (χ1v) is 26.1. The van der Waals surface area contributed by atoms with Crippen LogP contribution in [0.3, 0.4) is 0 Å². The van der Waals surface area contributed by atoms with Crippen LogP contribution in [-0.2, 0) is 61.8 Å². The molecule has 5 N–H and O–H groups in total. The molecule has 0 spiro atoms. The molecule has 8 heterocycles. The summed E-state index contributed by atoms with van der Waals surface area (Å²) in [6.07, 6.45) is 13.5. The molecular formula is C54H57F2N15O4S. The maximum Gasteiger partial charge on any atom is 0.308 e. The van der Waals surface area contributed by atoms with Gasteiger partial charge in [-0.1, -0.05) is 60.7 Å². The molecule has 0 aliphatic heterocycles. The smallest absolute Gasteiger partial charge is 0.308 e. The Morgan fingerprint density at radius 1 is 0.579 bits per heavy atom. The molecule has 0 bridgehead atoms. The molecule has 2 aromatic carbocycles. The Morgan fingerprint density at radius 3 is 1.64 bits per heavy atom. The normalized spacial score (nSPS) is 11.6. The number of aromatic amines is 1. The fourth-order valence-corrected chi connectivity index (χ4v) is 9.28. The van der Waals surface area contributed by atoms with Crippen LogP contribution in [0.4, 0.5) is 20.4 Å². The molecule has 392 valence electrons. The molecule has 76 heavy (non-hydrogen) atoms. The van der Waals surface area contributed by atoms with E-state index < -0.39 is 16.0 Å². The number of rotatable bonds is 24. The van der Waals surface area contributed by atoms with Crippen LogP contribution in [-0.4, -0.2) is 102 Å². The number of hydrogen-bond donors (Lipinski definition) is 5. The van der Waals surface area contributed by atoms with E-state index in [-0.39, 0.29) is 24.6 Å². The molecule has 10 rings (SSSR count). The minimum atomic E-state index is -3.75. The van der Waals surface area contributed by atoms with Crippen molar-refractivity contribution >= 4 is 44.0 Å². The summed E-state index contributed by atoms with van der Waals surface area (Å²) in [7, 11) is -0.724. The maximum absolute atomic E-state index is 13.9. The third-order valence-electron chi connectivity index (χ3n) is 12.0. The van der Waals surface area contributed by atoms with Crippen molar-refractivity contribution in [2.24, 2.45) is 0 Å². The zero-order valence-electron chi connectivity index (χ0n) is 42.0. The first kappa shape index (κ1) is 52.5. The van der Waals surface area contributed by atoms with E-state index in [1.165, 1.54) is 46.3 Å². The lowest BCUT2D eigenvalue weighted by atomic mass is 10.1. The Labute approximate surface area is 437 Å². The molecule has 22 heteroatoms. The summed E-state index contributed by atoms with van der Waals surface area (Å²) in [6, 6.07) is 29.4. The predicted octanol–water partition coefficient (Wildman–Crippen LogP) is 7.24. The van der Waals surface area contributed by atoms with Crippen molar-refractivity contribution < 1.29 is 26.0 Å². The highest BCUT2D eigenvalue weighted by atomic mass is 32.2. The van der Waals surface area contributed by atoms with Crippen LogP contribution in [0.1, 0.15) is 57.3 Å². The molecule has 0 aliphatic carbocycles. The summed E-state index contributed by atoms with van der Waals surface area (Å²) in [5, 5.41) is 12.9. The Kier molecular flexibility index (Phi) is 17.5. The first-order valence-electron chi connectivity index (χ1n) is 24.7. The molecule has 0 unspecified atom stereocenters. The van der Waals surface area contributed by atoms with E-state index in [0.717, 1.165) is 43.0 Å². The fourth-order valence-electron chi connectivity index (χ4n) is 8.15. The van der Waals surface area contributed by atoms with Crippen molar-refractivity contribution in [2.75, 3.05) is 50.9 Å². The molecule has 0 aliphatic rings. The summed E-state index contributed by atoms with van der Waals surface area (Å²) in [4.78, 5) is 38.2. The molecule has 0 atom stereocenters. The molecule has 8 aromatic heterocycles. The summed E-state index contributed by atoms with van der Waals surface area (Å²) in [5.74, 6) is 2.84. The van der Waals surface area contributed by atoms with Gasteiger partial charge in [0.2, 0.25) is 0 Å². The lowest BCUT2D eigenvalue weighted by Crippen LogP contribution is -2.32. The predicted molar refractivity (Wildman–Crippen MR) is 285 cm³/mol. The number of nitrogens with one attached hydrogen (secondary N) is 5. The van der Waals surface area contributed by atoms with E-state index in [2.05, 4.69) is 78.3 Å². The monoisotopic (exact) mass is 1050 g/mol. The second kappa shape index (κ2) is 25.3. The quantitative estimate of drug-likeness (QED) is 0.0375. The number of hydrogen-bond acceptors (Lipinski definition) is 16. The maximum atomic E-state index is 13.9. The van der Waals surface area contributed by atoms with E-state index in [9.17, 15) is 17.2 Å². The summed E-state index contributed by atoms with van der Waals surface area (Å²) in [6.45, 7) is 2.95. The van der Waals surface area contributed by atoms with Crippen LogP contribution in [0.5, 0.6) is 0 Å².